The minimum Gasteiger partial charge on any atom is -0.300 e. The molecule has 1 nitrogen and oxygen atoms in total. The van der Waals surface area contributed by atoms with Gasteiger partial charge in [-0.1, -0.05) is 6.07 Å². The van der Waals surface area contributed by atoms with E-state index in [0.29, 0.717) is 18.4 Å². The number of carbonyl (C=O) groups excluding carboxylic acids is 1. The molecule has 0 saturated heterocycles. The Labute approximate surface area is 83.9 Å². The monoisotopic (exact) mass is 194 g/mol. The molecule has 0 unspecified atom stereocenters. The lowest BCUT2D eigenvalue weighted by atomic mass is 9.97. The minimum atomic E-state index is -0.186. The molecule has 0 spiro atoms. The van der Waals surface area contributed by atoms with E-state index in [1.807, 2.05) is 6.92 Å². The predicted octanol–water partition coefficient (Wildman–Crippen LogP) is 2.96. The molecule has 0 N–H and O–H groups in total. The van der Waals surface area contributed by atoms with Gasteiger partial charge >= 0.3 is 0 Å². The number of benzene rings is 1. The number of rotatable bonds is 3. The molecule has 0 saturated carbocycles. The van der Waals surface area contributed by atoms with Crippen molar-refractivity contribution in [2.75, 3.05) is 0 Å². The van der Waals surface area contributed by atoms with Gasteiger partial charge in [-0.05, 0) is 49.9 Å². The van der Waals surface area contributed by atoms with Crippen LogP contribution in [0, 0.1) is 19.7 Å². The third-order valence-electron chi connectivity index (χ3n) is 2.49. The Hall–Kier alpha value is -1.18. The molecule has 0 radical (unpaired) electrons. The van der Waals surface area contributed by atoms with E-state index in [1.54, 1.807) is 19.9 Å². The normalized spacial score (nSPS) is 10.3. The van der Waals surface area contributed by atoms with E-state index in [4.69, 9.17) is 0 Å². The summed E-state index contributed by atoms with van der Waals surface area (Å²) in [5.74, 6) is -0.0396. The summed E-state index contributed by atoms with van der Waals surface area (Å²) >= 11 is 0. The van der Waals surface area contributed by atoms with E-state index in [-0.39, 0.29) is 11.6 Å². The number of aryl methyl sites for hydroxylation is 1. The van der Waals surface area contributed by atoms with Gasteiger partial charge < -0.3 is 4.79 Å². The van der Waals surface area contributed by atoms with Gasteiger partial charge in [-0.25, -0.2) is 4.39 Å². The summed E-state index contributed by atoms with van der Waals surface area (Å²) in [4.78, 5) is 10.8. The number of hydrogen-bond acceptors (Lipinski definition) is 1. The first kappa shape index (κ1) is 10.9. The Balaban J connectivity index is 2.95. The van der Waals surface area contributed by atoms with Gasteiger partial charge in [0, 0.05) is 6.42 Å². The van der Waals surface area contributed by atoms with E-state index in [0.717, 1.165) is 11.1 Å². The highest BCUT2D eigenvalue weighted by molar-refractivity contribution is 5.75. The second kappa shape index (κ2) is 4.36. The van der Waals surface area contributed by atoms with E-state index >= 15 is 0 Å². The third-order valence-corrected chi connectivity index (χ3v) is 2.49. The van der Waals surface area contributed by atoms with Crippen molar-refractivity contribution in [3.05, 3.63) is 34.6 Å². The Bertz CT molecular complexity index is 356. The quantitative estimate of drug-likeness (QED) is 0.723. The lowest BCUT2D eigenvalue weighted by Gasteiger charge is -2.09. The number of hydrogen-bond donors (Lipinski definition) is 0. The smallest absolute Gasteiger partial charge is 0.130 e. The topological polar surface area (TPSA) is 17.1 Å². The van der Waals surface area contributed by atoms with Crippen LogP contribution >= 0.6 is 0 Å². The van der Waals surface area contributed by atoms with Crippen molar-refractivity contribution >= 4 is 5.78 Å². The fourth-order valence-corrected chi connectivity index (χ4v) is 1.55. The molecule has 1 aromatic rings. The summed E-state index contributed by atoms with van der Waals surface area (Å²) in [7, 11) is 0. The molecule has 2 heteroatoms. The fraction of sp³-hybridized carbons (Fsp3) is 0.417. The summed E-state index contributed by atoms with van der Waals surface area (Å²) in [6, 6.07) is 3.24. The minimum absolute atomic E-state index is 0.146. The SMILES string of the molecule is CC(=O)CCc1c(C)ccc(F)c1C. The van der Waals surface area contributed by atoms with Gasteiger partial charge in [-0.3, -0.25) is 0 Å². The highest BCUT2D eigenvalue weighted by atomic mass is 19.1. The average molecular weight is 194 g/mol. The Kier molecular flexibility index (Phi) is 3.39. The van der Waals surface area contributed by atoms with Gasteiger partial charge in [0.2, 0.25) is 0 Å². The second-order valence-corrected chi connectivity index (χ2v) is 3.67. The maximum Gasteiger partial charge on any atom is 0.130 e. The standard InChI is InChI=1S/C12H15FO/c1-8-4-7-12(13)10(3)11(8)6-5-9(2)14/h4,7H,5-6H2,1-3H3. The summed E-state index contributed by atoms with van der Waals surface area (Å²) in [5, 5.41) is 0. The molecule has 0 atom stereocenters. The highest BCUT2D eigenvalue weighted by Crippen LogP contribution is 2.18. The zero-order valence-electron chi connectivity index (χ0n) is 8.86. The molecule has 0 aromatic heterocycles. The van der Waals surface area contributed by atoms with E-state index < -0.39 is 0 Å². The van der Waals surface area contributed by atoms with Crippen LogP contribution in [0.5, 0.6) is 0 Å². The average Bonchev–Trinajstić information content (AvgIpc) is 2.11. The van der Waals surface area contributed by atoms with Gasteiger partial charge in [0.05, 0.1) is 0 Å². The number of carbonyl (C=O) groups is 1. The molecule has 0 fully saturated rings. The Morgan fingerprint density at radius 3 is 2.57 bits per heavy atom. The molecule has 1 rings (SSSR count). The van der Waals surface area contributed by atoms with Crippen LogP contribution in [-0.4, -0.2) is 5.78 Å². The van der Waals surface area contributed by atoms with Crippen LogP contribution in [0.15, 0.2) is 12.1 Å². The molecular formula is C12H15FO. The van der Waals surface area contributed by atoms with Gasteiger partial charge in [0.15, 0.2) is 0 Å². The first-order valence-electron chi connectivity index (χ1n) is 4.76. The molecule has 14 heavy (non-hydrogen) atoms. The van der Waals surface area contributed by atoms with Crippen molar-refractivity contribution in [1.29, 1.82) is 0 Å². The van der Waals surface area contributed by atoms with Gasteiger partial charge in [-0.15, -0.1) is 0 Å². The Morgan fingerprint density at radius 1 is 1.36 bits per heavy atom. The van der Waals surface area contributed by atoms with Crippen LogP contribution in [0.2, 0.25) is 0 Å². The molecule has 1 aromatic carbocycles. The molecule has 0 heterocycles. The Morgan fingerprint density at radius 2 is 2.00 bits per heavy atom. The zero-order chi connectivity index (χ0) is 10.7. The molecule has 0 aliphatic rings. The van der Waals surface area contributed by atoms with Crippen LogP contribution < -0.4 is 0 Å². The largest absolute Gasteiger partial charge is 0.300 e. The fourth-order valence-electron chi connectivity index (χ4n) is 1.55. The van der Waals surface area contributed by atoms with Crippen LogP contribution in [0.3, 0.4) is 0 Å². The number of Topliss-reactive ketones (excluding diaryl/α,β-unsaturated/α-hetero) is 1. The summed E-state index contributed by atoms with van der Waals surface area (Å²) in [6.07, 6.45) is 1.13. The first-order valence-corrected chi connectivity index (χ1v) is 4.76. The highest BCUT2D eigenvalue weighted by Gasteiger charge is 2.07. The van der Waals surface area contributed by atoms with Gasteiger partial charge in [0.25, 0.3) is 0 Å². The summed E-state index contributed by atoms with van der Waals surface area (Å²) in [5.41, 5.74) is 2.71. The molecule has 0 amide bonds. The maximum absolute atomic E-state index is 13.2. The van der Waals surface area contributed by atoms with Crippen molar-refractivity contribution in [2.45, 2.75) is 33.6 Å². The molecule has 0 aliphatic heterocycles. The second-order valence-electron chi connectivity index (χ2n) is 3.67. The van der Waals surface area contributed by atoms with Crippen molar-refractivity contribution in [2.24, 2.45) is 0 Å². The van der Waals surface area contributed by atoms with Crippen molar-refractivity contribution < 1.29 is 9.18 Å². The van der Waals surface area contributed by atoms with Gasteiger partial charge in [0.1, 0.15) is 11.6 Å². The van der Waals surface area contributed by atoms with Crippen molar-refractivity contribution in [1.82, 2.24) is 0 Å². The molecular weight excluding hydrogens is 179 g/mol. The predicted molar refractivity (Wildman–Crippen MR) is 54.9 cm³/mol. The third kappa shape index (κ3) is 2.41. The van der Waals surface area contributed by atoms with Gasteiger partial charge in [-0.2, -0.15) is 0 Å². The van der Waals surface area contributed by atoms with E-state index in [2.05, 4.69) is 0 Å². The number of halogens is 1. The van der Waals surface area contributed by atoms with Crippen LogP contribution in [-0.2, 0) is 11.2 Å². The lowest BCUT2D eigenvalue weighted by Crippen LogP contribution is -2.00. The molecule has 76 valence electrons. The van der Waals surface area contributed by atoms with Crippen LogP contribution in [0.25, 0.3) is 0 Å². The first-order chi connectivity index (χ1) is 6.52. The maximum atomic E-state index is 13.2. The number of ketones is 1. The van der Waals surface area contributed by atoms with E-state index in [9.17, 15) is 9.18 Å². The van der Waals surface area contributed by atoms with Crippen LogP contribution in [0.4, 0.5) is 4.39 Å². The molecule has 0 bridgehead atoms. The summed E-state index contributed by atoms with van der Waals surface area (Å²) in [6.45, 7) is 5.27. The lowest BCUT2D eigenvalue weighted by molar-refractivity contribution is -0.116. The zero-order valence-corrected chi connectivity index (χ0v) is 8.86. The van der Waals surface area contributed by atoms with Crippen LogP contribution in [0.1, 0.15) is 30.0 Å². The van der Waals surface area contributed by atoms with Crippen molar-refractivity contribution in [3.8, 4) is 0 Å². The summed E-state index contributed by atoms with van der Waals surface area (Å²) < 4.78 is 13.2. The van der Waals surface area contributed by atoms with E-state index in [1.165, 1.54) is 6.07 Å². The van der Waals surface area contributed by atoms with Crippen molar-refractivity contribution in [3.63, 3.8) is 0 Å². The molecule has 0 aliphatic carbocycles.